The molecule has 0 N–H and O–H groups in total. The molecule has 3 nitrogen and oxygen atoms in total. The molecule has 0 saturated carbocycles. The van der Waals surface area contributed by atoms with Gasteiger partial charge < -0.3 is 9.47 Å². The summed E-state index contributed by atoms with van der Waals surface area (Å²) in [6.07, 6.45) is 0.832. The summed E-state index contributed by atoms with van der Waals surface area (Å²) in [5, 5.41) is 0. The van der Waals surface area contributed by atoms with Gasteiger partial charge in [-0.3, -0.25) is 4.79 Å². The maximum absolute atomic E-state index is 13.1. The molecule has 0 saturated heterocycles. The third-order valence-electron chi connectivity index (χ3n) is 5.91. The van der Waals surface area contributed by atoms with E-state index in [-0.39, 0.29) is 23.2 Å². The SMILES string of the molecule is CCOC(=O)C(C)(C(C)C)C(CC)(c1ccccc1OC)C(C)C. The first kappa shape index (κ1) is 20.5. The Labute approximate surface area is 147 Å². The number of benzene rings is 1. The summed E-state index contributed by atoms with van der Waals surface area (Å²) >= 11 is 0. The zero-order valence-corrected chi connectivity index (χ0v) is 16.6. The molecule has 0 heterocycles. The Morgan fingerprint density at radius 3 is 2.08 bits per heavy atom. The van der Waals surface area contributed by atoms with Crippen LogP contribution in [0.4, 0.5) is 0 Å². The van der Waals surface area contributed by atoms with Crippen LogP contribution in [0.5, 0.6) is 5.75 Å². The van der Waals surface area contributed by atoms with Crippen molar-refractivity contribution in [1.82, 2.24) is 0 Å². The molecule has 1 aromatic carbocycles. The van der Waals surface area contributed by atoms with Gasteiger partial charge in [-0.2, -0.15) is 0 Å². The lowest BCUT2D eigenvalue weighted by Gasteiger charge is -2.52. The first-order valence-electron chi connectivity index (χ1n) is 9.04. The van der Waals surface area contributed by atoms with Gasteiger partial charge in [0, 0.05) is 11.0 Å². The van der Waals surface area contributed by atoms with Crippen LogP contribution < -0.4 is 4.74 Å². The zero-order chi connectivity index (χ0) is 18.5. The van der Waals surface area contributed by atoms with E-state index in [9.17, 15) is 4.79 Å². The van der Waals surface area contributed by atoms with Gasteiger partial charge in [0.15, 0.2) is 0 Å². The van der Waals surface area contributed by atoms with Crippen molar-refractivity contribution in [2.45, 2.75) is 60.3 Å². The summed E-state index contributed by atoms with van der Waals surface area (Å²) in [6, 6.07) is 8.08. The second kappa shape index (κ2) is 8.04. The van der Waals surface area contributed by atoms with E-state index in [1.54, 1.807) is 7.11 Å². The Hall–Kier alpha value is -1.51. The fraction of sp³-hybridized carbons (Fsp3) is 0.667. The molecule has 3 heteroatoms. The Balaban J connectivity index is 3.79. The lowest BCUT2D eigenvalue weighted by atomic mass is 9.50. The quantitative estimate of drug-likeness (QED) is 0.611. The van der Waals surface area contributed by atoms with Crippen LogP contribution in [-0.4, -0.2) is 19.7 Å². The molecular weight excluding hydrogens is 300 g/mol. The summed E-state index contributed by atoms with van der Waals surface area (Å²) in [5.41, 5.74) is 0.0647. The number of para-hydroxylation sites is 1. The van der Waals surface area contributed by atoms with E-state index in [1.165, 1.54) is 0 Å². The molecule has 0 bridgehead atoms. The van der Waals surface area contributed by atoms with E-state index in [4.69, 9.17) is 9.47 Å². The topological polar surface area (TPSA) is 35.5 Å². The second-order valence-electron chi connectivity index (χ2n) is 7.26. The van der Waals surface area contributed by atoms with Gasteiger partial charge >= 0.3 is 5.97 Å². The number of rotatable bonds is 8. The molecular formula is C21H34O3. The molecule has 136 valence electrons. The van der Waals surface area contributed by atoms with Crippen molar-refractivity contribution in [2.24, 2.45) is 17.3 Å². The van der Waals surface area contributed by atoms with Gasteiger partial charge in [-0.1, -0.05) is 52.8 Å². The molecule has 0 fully saturated rings. The van der Waals surface area contributed by atoms with E-state index in [1.807, 2.05) is 25.1 Å². The zero-order valence-electron chi connectivity index (χ0n) is 16.6. The van der Waals surface area contributed by atoms with Gasteiger partial charge in [0.2, 0.25) is 0 Å². The highest BCUT2D eigenvalue weighted by Gasteiger charge is 2.58. The minimum Gasteiger partial charge on any atom is -0.496 e. The van der Waals surface area contributed by atoms with E-state index in [0.29, 0.717) is 6.61 Å². The molecule has 0 aliphatic heterocycles. The first-order valence-corrected chi connectivity index (χ1v) is 9.04. The van der Waals surface area contributed by atoms with Crippen molar-refractivity contribution in [1.29, 1.82) is 0 Å². The number of methoxy groups -OCH3 is 1. The van der Waals surface area contributed by atoms with Crippen molar-refractivity contribution in [2.75, 3.05) is 13.7 Å². The highest BCUT2D eigenvalue weighted by atomic mass is 16.5. The average molecular weight is 335 g/mol. The molecule has 1 aromatic rings. The maximum atomic E-state index is 13.1. The molecule has 1 rings (SSSR count). The predicted octanol–water partition coefficient (Wildman–Crippen LogP) is 5.22. The van der Waals surface area contributed by atoms with Gasteiger partial charge in [-0.05, 0) is 38.2 Å². The van der Waals surface area contributed by atoms with Crippen LogP contribution in [0.15, 0.2) is 24.3 Å². The molecule has 24 heavy (non-hydrogen) atoms. The van der Waals surface area contributed by atoms with E-state index in [0.717, 1.165) is 17.7 Å². The lowest BCUT2D eigenvalue weighted by molar-refractivity contribution is -0.166. The molecule has 0 radical (unpaired) electrons. The van der Waals surface area contributed by atoms with Gasteiger partial charge in [0.05, 0.1) is 19.1 Å². The van der Waals surface area contributed by atoms with Gasteiger partial charge in [-0.25, -0.2) is 0 Å². The van der Waals surface area contributed by atoms with Crippen LogP contribution in [0.3, 0.4) is 0 Å². The van der Waals surface area contributed by atoms with Gasteiger partial charge in [-0.15, -0.1) is 0 Å². The Morgan fingerprint density at radius 2 is 1.67 bits per heavy atom. The molecule has 0 aliphatic rings. The summed E-state index contributed by atoms with van der Waals surface area (Å²) in [5.74, 6) is 1.09. The smallest absolute Gasteiger partial charge is 0.312 e. The number of esters is 1. The molecule has 0 spiro atoms. The summed E-state index contributed by atoms with van der Waals surface area (Å²) < 4.78 is 11.2. The molecule has 2 atom stereocenters. The summed E-state index contributed by atoms with van der Waals surface area (Å²) in [4.78, 5) is 13.1. The van der Waals surface area contributed by atoms with Crippen LogP contribution in [-0.2, 0) is 14.9 Å². The third kappa shape index (κ3) is 3.05. The number of hydrogen-bond donors (Lipinski definition) is 0. The second-order valence-corrected chi connectivity index (χ2v) is 7.26. The molecule has 0 aromatic heterocycles. The highest BCUT2D eigenvalue weighted by Crippen LogP contribution is 2.56. The normalized spacial score (nSPS) is 16.6. The lowest BCUT2D eigenvalue weighted by Crippen LogP contribution is -2.55. The third-order valence-corrected chi connectivity index (χ3v) is 5.91. The van der Waals surface area contributed by atoms with Crippen LogP contribution in [0, 0.1) is 17.3 Å². The van der Waals surface area contributed by atoms with E-state index >= 15 is 0 Å². The maximum Gasteiger partial charge on any atom is 0.312 e. The van der Waals surface area contributed by atoms with Crippen molar-refractivity contribution in [3.8, 4) is 5.75 Å². The average Bonchev–Trinajstić information content (AvgIpc) is 2.55. The van der Waals surface area contributed by atoms with Crippen LogP contribution in [0.2, 0.25) is 0 Å². The van der Waals surface area contributed by atoms with Gasteiger partial charge in [0.1, 0.15) is 5.75 Å². The van der Waals surface area contributed by atoms with E-state index < -0.39 is 5.41 Å². The standard InChI is InChI=1S/C21H34O3/c1-9-21(16(5)6,17-13-11-12-14-18(17)23-8)20(7,15(3)4)19(22)24-10-2/h11-16H,9-10H2,1-8H3. The summed E-state index contributed by atoms with van der Waals surface area (Å²) in [6.45, 7) is 15.1. The minimum atomic E-state index is -0.652. The minimum absolute atomic E-state index is 0.124. The fourth-order valence-electron chi connectivity index (χ4n) is 4.38. The Kier molecular flexibility index (Phi) is 6.88. The number of ether oxygens (including phenoxy) is 2. The molecule has 0 amide bonds. The number of carbonyl (C=O) groups is 1. The largest absolute Gasteiger partial charge is 0.496 e. The van der Waals surface area contributed by atoms with Crippen LogP contribution >= 0.6 is 0 Å². The number of carbonyl (C=O) groups excluding carboxylic acids is 1. The predicted molar refractivity (Wildman–Crippen MR) is 99.4 cm³/mol. The monoisotopic (exact) mass is 334 g/mol. The number of hydrogen-bond acceptors (Lipinski definition) is 3. The van der Waals surface area contributed by atoms with E-state index in [2.05, 4.69) is 47.6 Å². The fourth-order valence-corrected chi connectivity index (χ4v) is 4.38. The van der Waals surface area contributed by atoms with Crippen molar-refractivity contribution in [3.05, 3.63) is 29.8 Å². The van der Waals surface area contributed by atoms with Crippen molar-refractivity contribution >= 4 is 5.97 Å². The van der Waals surface area contributed by atoms with Crippen LogP contribution in [0.1, 0.15) is 60.5 Å². The highest BCUT2D eigenvalue weighted by molar-refractivity contribution is 5.80. The molecule has 2 unspecified atom stereocenters. The summed E-state index contributed by atoms with van der Waals surface area (Å²) in [7, 11) is 1.69. The van der Waals surface area contributed by atoms with Crippen molar-refractivity contribution < 1.29 is 14.3 Å². The van der Waals surface area contributed by atoms with Crippen LogP contribution in [0.25, 0.3) is 0 Å². The Bertz CT molecular complexity index is 550. The first-order chi connectivity index (χ1) is 11.2. The van der Waals surface area contributed by atoms with Gasteiger partial charge in [0.25, 0.3) is 0 Å². The van der Waals surface area contributed by atoms with Crippen molar-refractivity contribution in [3.63, 3.8) is 0 Å². The Morgan fingerprint density at radius 1 is 1.08 bits per heavy atom. The molecule has 0 aliphatic carbocycles.